The fourth-order valence-corrected chi connectivity index (χ4v) is 3.74. The monoisotopic (exact) mass is 339 g/mol. The van der Waals surface area contributed by atoms with Crippen LogP contribution < -0.4 is 5.32 Å². The maximum absolute atomic E-state index is 12.8. The van der Waals surface area contributed by atoms with Crippen molar-refractivity contribution in [3.8, 4) is 0 Å². The van der Waals surface area contributed by atoms with Crippen LogP contribution in [0.4, 0.5) is 0 Å². The minimum atomic E-state index is -0.395. The molecule has 2 aliphatic rings. The topological polar surface area (TPSA) is 80.1 Å². The molecule has 3 atom stereocenters. The predicted octanol–water partition coefficient (Wildman–Crippen LogP) is 1.04. The Morgan fingerprint density at radius 2 is 2.20 bits per heavy atom. The molecule has 7 nitrogen and oxygen atoms in total. The number of rotatable bonds is 4. The first-order valence-corrected chi connectivity index (χ1v) is 8.54. The quantitative estimate of drug-likeness (QED) is 0.903. The molecule has 1 aliphatic heterocycles. The number of amides is 2. The molecule has 1 aliphatic carbocycles. The highest BCUT2D eigenvalue weighted by Crippen LogP contribution is 2.48. The number of aryl methyl sites for hydroxylation is 2. The molecule has 25 heavy (non-hydrogen) atoms. The van der Waals surface area contributed by atoms with Gasteiger partial charge >= 0.3 is 0 Å². The Morgan fingerprint density at radius 1 is 1.36 bits per heavy atom. The van der Waals surface area contributed by atoms with Crippen molar-refractivity contribution in [1.82, 2.24) is 25.0 Å². The summed E-state index contributed by atoms with van der Waals surface area (Å²) in [7, 11) is 1.86. The van der Waals surface area contributed by atoms with Crippen molar-refractivity contribution < 1.29 is 9.59 Å². The van der Waals surface area contributed by atoms with Gasteiger partial charge in [0, 0.05) is 43.8 Å². The molecule has 2 aromatic heterocycles. The third-order valence-electron chi connectivity index (χ3n) is 5.12. The molecule has 1 saturated heterocycles. The van der Waals surface area contributed by atoms with Crippen molar-refractivity contribution >= 4 is 11.8 Å². The van der Waals surface area contributed by atoms with Gasteiger partial charge < -0.3 is 10.2 Å². The number of likely N-dealkylation sites (tertiary alicyclic amines) is 1. The highest BCUT2D eigenvalue weighted by atomic mass is 16.2. The number of aromatic nitrogens is 3. The zero-order chi connectivity index (χ0) is 17.6. The summed E-state index contributed by atoms with van der Waals surface area (Å²) in [4.78, 5) is 31.3. The molecular formula is C18H21N5O2. The van der Waals surface area contributed by atoms with Crippen molar-refractivity contribution in [2.45, 2.75) is 38.4 Å². The number of pyridine rings is 1. The van der Waals surface area contributed by atoms with E-state index < -0.39 is 6.04 Å². The Kier molecular flexibility index (Phi) is 3.78. The van der Waals surface area contributed by atoms with Crippen LogP contribution in [0.3, 0.4) is 0 Å². The SMILES string of the molecule is Cc1nn(C)cc1CNC(=O)[C@@H]1C[C@@H]2C[C@@H]2N1C(=O)c1cccnc1. The lowest BCUT2D eigenvalue weighted by molar-refractivity contribution is -0.125. The maximum atomic E-state index is 12.8. The normalized spacial score (nSPS) is 24.1. The van der Waals surface area contributed by atoms with Gasteiger partial charge in [-0.15, -0.1) is 0 Å². The van der Waals surface area contributed by atoms with E-state index in [4.69, 9.17) is 0 Å². The Labute approximate surface area is 146 Å². The number of fused-ring (bicyclic) bond motifs is 1. The molecule has 130 valence electrons. The van der Waals surface area contributed by atoms with E-state index in [0.29, 0.717) is 18.0 Å². The zero-order valence-electron chi connectivity index (χ0n) is 14.3. The van der Waals surface area contributed by atoms with Crippen LogP contribution in [0.15, 0.2) is 30.7 Å². The number of hydrogen-bond donors (Lipinski definition) is 1. The van der Waals surface area contributed by atoms with Gasteiger partial charge in [-0.1, -0.05) is 0 Å². The molecule has 2 aromatic rings. The third kappa shape index (κ3) is 2.90. The first-order chi connectivity index (χ1) is 12.0. The summed E-state index contributed by atoms with van der Waals surface area (Å²) in [5, 5.41) is 7.25. The minimum absolute atomic E-state index is 0.0901. The summed E-state index contributed by atoms with van der Waals surface area (Å²) >= 11 is 0. The van der Waals surface area contributed by atoms with E-state index in [1.807, 2.05) is 20.2 Å². The van der Waals surface area contributed by atoms with Crippen LogP contribution in [-0.4, -0.2) is 43.6 Å². The Morgan fingerprint density at radius 3 is 2.88 bits per heavy atom. The second kappa shape index (κ2) is 5.98. The lowest BCUT2D eigenvalue weighted by atomic mass is 10.1. The van der Waals surface area contributed by atoms with Gasteiger partial charge in [-0.25, -0.2) is 0 Å². The van der Waals surface area contributed by atoms with Crippen molar-refractivity contribution in [1.29, 1.82) is 0 Å². The van der Waals surface area contributed by atoms with Crippen LogP contribution in [0.1, 0.15) is 34.5 Å². The summed E-state index contributed by atoms with van der Waals surface area (Å²) in [6, 6.07) is 3.30. The summed E-state index contributed by atoms with van der Waals surface area (Å²) in [6.07, 6.45) is 6.85. The van der Waals surface area contributed by atoms with Crippen LogP contribution in [-0.2, 0) is 18.4 Å². The van der Waals surface area contributed by atoms with Crippen LogP contribution in [0, 0.1) is 12.8 Å². The predicted molar refractivity (Wildman–Crippen MR) is 90.5 cm³/mol. The largest absolute Gasteiger partial charge is 0.350 e. The van der Waals surface area contributed by atoms with Gasteiger partial charge in [0.15, 0.2) is 0 Å². The average molecular weight is 339 g/mol. The summed E-state index contributed by atoms with van der Waals surface area (Å²) in [5.41, 5.74) is 2.43. The van der Waals surface area contributed by atoms with Crippen LogP contribution >= 0.6 is 0 Å². The molecule has 2 fully saturated rings. The molecule has 0 unspecified atom stereocenters. The Bertz CT molecular complexity index is 816. The molecule has 0 radical (unpaired) electrons. The van der Waals surface area contributed by atoms with Gasteiger partial charge in [0.05, 0.1) is 11.3 Å². The van der Waals surface area contributed by atoms with E-state index in [1.165, 1.54) is 0 Å². The highest BCUT2D eigenvalue weighted by molar-refractivity contribution is 5.98. The standard InChI is InChI=1S/C18H21N5O2/c1-11-14(10-22(2)21-11)9-20-17(24)16-7-13-6-15(13)23(16)18(25)12-4-3-5-19-8-12/h3-5,8,10,13,15-16H,6-7,9H2,1-2H3,(H,20,24)/t13-,15-,16-/m0/s1. The highest BCUT2D eigenvalue weighted by Gasteiger charge is 2.56. The zero-order valence-corrected chi connectivity index (χ0v) is 14.3. The summed E-state index contributed by atoms with van der Waals surface area (Å²) < 4.78 is 1.74. The lowest BCUT2D eigenvalue weighted by Crippen LogP contribution is -2.47. The molecule has 4 rings (SSSR count). The lowest BCUT2D eigenvalue weighted by Gasteiger charge is -2.26. The van der Waals surface area contributed by atoms with E-state index in [2.05, 4.69) is 15.4 Å². The molecule has 1 saturated carbocycles. The van der Waals surface area contributed by atoms with Gasteiger partial charge in [0.2, 0.25) is 5.91 Å². The summed E-state index contributed by atoms with van der Waals surface area (Å²) in [5.74, 6) is 0.264. The first-order valence-electron chi connectivity index (χ1n) is 8.54. The number of piperidine rings is 1. The fourth-order valence-electron chi connectivity index (χ4n) is 3.74. The Balaban J connectivity index is 1.46. The molecule has 3 heterocycles. The van der Waals surface area contributed by atoms with Gasteiger partial charge in [0.1, 0.15) is 6.04 Å². The third-order valence-corrected chi connectivity index (χ3v) is 5.12. The van der Waals surface area contributed by atoms with E-state index >= 15 is 0 Å². The number of nitrogens with zero attached hydrogens (tertiary/aromatic N) is 4. The number of carbonyl (C=O) groups is 2. The first kappa shape index (κ1) is 15.8. The van der Waals surface area contributed by atoms with E-state index in [1.54, 1.807) is 34.1 Å². The van der Waals surface area contributed by atoms with Crippen LogP contribution in [0.25, 0.3) is 0 Å². The molecule has 0 bridgehead atoms. The fraction of sp³-hybridized carbons (Fsp3) is 0.444. The van der Waals surface area contributed by atoms with E-state index in [0.717, 1.165) is 24.1 Å². The molecular weight excluding hydrogens is 318 g/mol. The second-order valence-corrected chi connectivity index (χ2v) is 6.90. The molecule has 0 spiro atoms. The second-order valence-electron chi connectivity index (χ2n) is 6.90. The number of nitrogens with one attached hydrogen (secondary N) is 1. The molecule has 0 aromatic carbocycles. The molecule has 7 heteroatoms. The maximum Gasteiger partial charge on any atom is 0.256 e. The Hall–Kier alpha value is -2.70. The van der Waals surface area contributed by atoms with Gasteiger partial charge in [-0.3, -0.25) is 19.3 Å². The van der Waals surface area contributed by atoms with Gasteiger partial charge in [0.25, 0.3) is 5.91 Å². The van der Waals surface area contributed by atoms with Crippen molar-refractivity contribution in [2.75, 3.05) is 0 Å². The van der Waals surface area contributed by atoms with Gasteiger partial charge in [-0.05, 0) is 37.8 Å². The van der Waals surface area contributed by atoms with E-state index in [-0.39, 0.29) is 17.9 Å². The molecule has 2 amide bonds. The number of carbonyl (C=O) groups excluding carboxylic acids is 2. The number of hydrogen-bond acceptors (Lipinski definition) is 4. The van der Waals surface area contributed by atoms with Crippen molar-refractivity contribution in [3.05, 3.63) is 47.5 Å². The van der Waals surface area contributed by atoms with Crippen molar-refractivity contribution in [2.24, 2.45) is 13.0 Å². The van der Waals surface area contributed by atoms with Crippen molar-refractivity contribution in [3.63, 3.8) is 0 Å². The van der Waals surface area contributed by atoms with E-state index in [9.17, 15) is 9.59 Å². The molecule has 1 N–H and O–H groups in total. The minimum Gasteiger partial charge on any atom is -0.350 e. The summed E-state index contributed by atoms with van der Waals surface area (Å²) in [6.45, 7) is 2.35. The van der Waals surface area contributed by atoms with Crippen LogP contribution in [0.2, 0.25) is 0 Å². The van der Waals surface area contributed by atoms with Crippen LogP contribution in [0.5, 0.6) is 0 Å². The average Bonchev–Trinajstić information content (AvgIpc) is 3.15. The smallest absolute Gasteiger partial charge is 0.256 e. The van der Waals surface area contributed by atoms with Gasteiger partial charge in [-0.2, -0.15) is 5.10 Å².